The third kappa shape index (κ3) is 4.18. The fraction of sp³-hybridized carbons (Fsp3) is 0.455. The SMILES string of the molecule is O=C(O)CNc1ccc(S(=O)(=O)NCC2CC2)cn1. The highest BCUT2D eigenvalue weighted by Crippen LogP contribution is 2.28. The molecular formula is C11H15N3O4S. The van der Waals surface area contributed by atoms with E-state index in [0.29, 0.717) is 18.3 Å². The van der Waals surface area contributed by atoms with E-state index in [4.69, 9.17) is 5.11 Å². The molecule has 8 heteroatoms. The zero-order chi connectivity index (χ0) is 13.9. The first-order valence-electron chi connectivity index (χ1n) is 5.89. The zero-order valence-corrected chi connectivity index (χ0v) is 11.0. The van der Waals surface area contributed by atoms with Crippen LogP contribution in [0.1, 0.15) is 12.8 Å². The average molecular weight is 285 g/mol. The normalized spacial score (nSPS) is 15.2. The molecule has 1 aromatic rings. The van der Waals surface area contributed by atoms with Crippen molar-refractivity contribution >= 4 is 21.8 Å². The number of aliphatic carboxylic acids is 1. The molecule has 1 aromatic heterocycles. The molecule has 0 amide bonds. The van der Waals surface area contributed by atoms with Gasteiger partial charge in [0.25, 0.3) is 0 Å². The fourth-order valence-electron chi connectivity index (χ4n) is 1.44. The van der Waals surface area contributed by atoms with Gasteiger partial charge in [-0.1, -0.05) is 0 Å². The molecule has 0 spiro atoms. The van der Waals surface area contributed by atoms with Crippen LogP contribution in [-0.2, 0) is 14.8 Å². The second-order valence-corrected chi connectivity index (χ2v) is 6.19. The summed E-state index contributed by atoms with van der Waals surface area (Å²) in [5.41, 5.74) is 0. The third-order valence-corrected chi connectivity index (χ3v) is 4.14. The van der Waals surface area contributed by atoms with Crippen LogP contribution in [0, 0.1) is 5.92 Å². The summed E-state index contributed by atoms with van der Waals surface area (Å²) in [6, 6.07) is 2.83. The van der Waals surface area contributed by atoms with E-state index in [1.54, 1.807) is 0 Å². The summed E-state index contributed by atoms with van der Waals surface area (Å²) in [5.74, 6) is -0.229. The Morgan fingerprint density at radius 1 is 1.42 bits per heavy atom. The molecule has 0 radical (unpaired) electrons. The lowest BCUT2D eigenvalue weighted by atomic mass is 10.4. The number of carbonyl (C=O) groups is 1. The molecule has 1 aliphatic carbocycles. The van der Waals surface area contributed by atoms with E-state index in [0.717, 1.165) is 12.8 Å². The van der Waals surface area contributed by atoms with Gasteiger partial charge in [-0.15, -0.1) is 0 Å². The van der Waals surface area contributed by atoms with Crippen LogP contribution >= 0.6 is 0 Å². The maximum Gasteiger partial charge on any atom is 0.322 e. The number of nitrogens with one attached hydrogen (secondary N) is 2. The molecule has 0 unspecified atom stereocenters. The predicted octanol–water partition coefficient (Wildman–Crippen LogP) is 0.266. The lowest BCUT2D eigenvalue weighted by molar-refractivity contribution is -0.134. The Kier molecular flexibility index (Phi) is 4.01. The summed E-state index contributed by atoms with van der Waals surface area (Å²) in [4.78, 5) is 14.3. The first-order valence-corrected chi connectivity index (χ1v) is 7.37. The number of aromatic nitrogens is 1. The standard InChI is InChI=1S/C11H15N3O4S/c15-11(16)7-13-10-4-3-9(6-12-10)19(17,18)14-5-8-1-2-8/h3-4,6,8,14H,1-2,5,7H2,(H,12,13)(H,15,16). The van der Waals surface area contributed by atoms with Crippen LogP contribution in [-0.4, -0.2) is 37.6 Å². The van der Waals surface area contributed by atoms with E-state index in [-0.39, 0.29) is 11.4 Å². The molecule has 3 N–H and O–H groups in total. The van der Waals surface area contributed by atoms with Crippen LogP contribution < -0.4 is 10.0 Å². The Morgan fingerprint density at radius 2 is 2.16 bits per heavy atom. The lowest BCUT2D eigenvalue weighted by Gasteiger charge is -2.07. The van der Waals surface area contributed by atoms with Crippen molar-refractivity contribution < 1.29 is 18.3 Å². The smallest absolute Gasteiger partial charge is 0.322 e. The highest BCUT2D eigenvalue weighted by molar-refractivity contribution is 7.89. The van der Waals surface area contributed by atoms with E-state index in [1.165, 1.54) is 18.3 Å². The Labute approximate surface area is 111 Å². The summed E-state index contributed by atoms with van der Waals surface area (Å²) in [6.45, 7) is 0.195. The van der Waals surface area contributed by atoms with E-state index in [2.05, 4.69) is 15.0 Å². The number of pyridine rings is 1. The van der Waals surface area contributed by atoms with Crippen molar-refractivity contribution in [3.63, 3.8) is 0 Å². The maximum absolute atomic E-state index is 11.9. The number of hydrogen-bond acceptors (Lipinski definition) is 5. The van der Waals surface area contributed by atoms with Gasteiger partial charge in [-0.05, 0) is 30.9 Å². The van der Waals surface area contributed by atoms with Crippen LogP contribution in [0.25, 0.3) is 0 Å². The summed E-state index contributed by atoms with van der Waals surface area (Å²) >= 11 is 0. The van der Waals surface area contributed by atoms with E-state index in [9.17, 15) is 13.2 Å². The molecule has 104 valence electrons. The third-order valence-electron chi connectivity index (χ3n) is 2.73. The number of carboxylic acids is 1. The largest absolute Gasteiger partial charge is 0.480 e. The van der Waals surface area contributed by atoms with Crippen LogP contribution in [0.15, 0.2) is 23.2 Å². The van der Waals surface area contributed by atoms with Gasteiger partial charge in [-0.2, -0.15) is 0 Å². The molecule has 0 aliphatic heterocycles. The number of hydrogen-bond donors (Lipinski definition) is 3. The minimum Gasteiger partial charge on any atom is -0.480 e. The van der Waals surface area contributed by atoms with Crippen molar-refractivity contribution in [1.82, 2.24) is 9.71 Å². The first-order chi connectivity index (χ1) is 8.97. The number of carboxylic acid groups (broad SMARTS) is 1. The minimum atomic E-state index is -3.52. The molecule has 7 nitrogen and oxygen atoms in total. The molecule has 0 aromatic carbocycles. The van der Waals surface area contributed by atoms with Gasteiger partial charge < -0.3 is 10.4 Å². The van der Waals surface area contributed by atoms with E-state index in [1.807, 2.05) is 0 Å². The van der Waals surface area contributed by atoms with Crippen molar-refractivity contribution in [3.05, 3.63) is 18.3 Å². The zero-order valence-electron chi connectivity index (χ0n) is 10.2. The van der Waals surface area contributed by atoms with Gasteiger partial charge in [0.1, 0.15) is 17.3 Å². The van der Waals surface area contributed by atoms with Gasteiger partial charge in [-0.3, -0.25) is 4.79 Å². The van der Waals surface area contributed by atoms with E-state index >= 15 is 0 Å². The number of rotatable bonds is 7. The van der Waals surface area contributed by atoms with Crippen molar-refractivity contribution in [3.8, 4) is 0 Å². The monoisotopic (exact) mass is 285 g/mol. The second kappa shape index (κ2) is 5.54. The summed E-state index contributed by atoms with van der Waals surface area (Å²) in [5, 5.41) is 11.0. The highest BCUT2D eigenvalue weighted by Gasteiger charge is 2.24. The number of sulfonamides is 1. The van der Waals surface area contributed by atoms with Gasteiger partial charge in [0, 0.05) is 12.7 Å². The Hall–Kier alpha value is -1.67. The fourth-order valence-corrected chi connectivity index (χ4v) is 2.50. The Balaban J connectivity index is 1.97. The van der Waals surface area contributed by atoms with Crippen LogP contribution in [0.2, 0.25) is 0 Å². The van der Waals surface area contributed by atoms with Gasteiger partial charge in [0.05, 0.1) is 0 Å². The summed E-state index contributed by atoms with van der Waals surface area (Å²) in [6.07, 6.45) is 3.34. The Bertz CT molecular complexity index is 552. The number of anilines is 1. The van der Waals surface area contributed by atoms with E-state index < -0.39 is 16.0 Å². The first kappa shape index (κ1) is 13.8. The molecular weight excluding hydrogens is 270 g/mol. The van der Waals surface area contributed by atoms with Gasteiger partial charge in [-0.25, -0.2) is 18.1 Å². The molecule has 19 heavy (non-hydrogen) atoms. The Morgan fingerprint density at radius 3 is 2.68 bits per heavy atom. The molecule has 1 aliphatic rings. The van der Waals surface area contributed by atoms with Crippen molar-refractivity contribution in [2.75, 3.05) is 18.4 Å². The van der Waals surface area contributed by atoms with Gasteiger partial charge >= 0.3 is 5.97 Å². The molecule has 0 saturated heterocycles. The van der Waals surface area contributed by atoms with Crippen molar-refractivity contribution in [1.29, 1.82) is 0 Å². The maximum atomic E-state index is 11.9. The van der Waals surface area contributed by atoms with Crippen LogP contribution in [0.4, 0.5) is 5.82 Å². The average Bonchev–Trinajstić information content (AvgIpc) is 3.18. The quantitative estimate of drug-likeness (QED) is 0.663. The minimum absolute atomic E-state index is 0.0778. The lowest BCUT2D eigenvalue weighted by Crippen LogP contribution is -2.26. The van der Waals surface area contributed by atoms with Gasteiger partial charge in [0.15, 0.2) is 0 Å². The van der Waals surface area contributed by atoms with Crippen LogP contribution in [0.3, 0.4) is 0 Å². The summed E-state index contributed by atoms with van der Waals surface area (Å²) in [7, 11) is -3.52. The highest BCUT2D eigenvalue weighted by atomic mass is 32.2. The van der Waals surface area contributed by atoms with Crippen molar-refractivity contribution in [2.24, 2.45) is 5.92 Å². The molecule has 0 atom stereocenters. The van der Waals surface area contributed by atoms with Crippen molar-refractivity contribution in [2.45, 2.75) is 17.7 Å². The molecule has 0 bridgehead atoms. The molecule has 1 heterocycles. The molecule has 2 rings (SSSR count). The molecule has 1 saturated carbocycles. The van der Waals surface area contributed by atoms with Gasteiger partial charge in [0.2, 0.25) is 10.0 Å². The predicted molar refractivity (Wildman–Crippen MR) is 68.3 cm³/mol. The number of nitrogens with zero attached hydrogens (tertiary/aromatic N) is 1. The van der Waals surface area contributed by atoms with Crippen LogP contribution in [0.5, 0.6) is 0 Å². The molecule has 1 fully saturated rings. The summed E-state index contributed by atoms with van der Waals surface area (Å²) < 4.78 is 26.3. The second-order valence-electron chi connectivity index (χ2n) is 4.42. The topological polar surface area (TPSA) is 108 Å².